The number of hydrogen-bond acceptors (Lipinski definition) is 2. The Morgan fingerprint density at radius 1 is 1.22 bits per heavy atom. The van der Waals surface area contributed by atoms with Crippen LogP contribution in [-0.4, -0.2) is 20.2 Å². The molecule has 2 rings (SSSR count). The van der Waals surface area contributed by atoms with E-state index in [1.807, 2.05) is 37.3 Å². The molecule has 1 saturated carbocycles. The van der Waals surface area contributed by atoms with Crippen LogP contribution >= 0.6 is 0 Å². The molecule has 1 aliphatic rings. The van der Waals surface area contributed by atoms with E-state index in [9.17, 15) is 8.42 Å². The zero-order chi connectivity index (χ0) is 13.0. The van der Waals surface area contributed by atoms with E-state index in [0.717, 1.165) is 31.2 Å². The second-order valence-electron chi connectivity index (χ2n) is 5.19. The average Bonchev–Trinajstić information content (AvgIpc) is 2.81. The molecule has 1 fully saturated rings. The standard InChI is InChI=1S/C14H21NO2S/c1-12(13-7-3-2-4-8-13)11-18(16,17)15-14-9-5-6-10-14/h2-4,7-8,12,14-15H,5-6,9-11H2,1H3. The topological polar surface area (TPSA) is 46.2 Å². The minimum atomic E-state index is -3.16. The molecule has 0 heterocycles. The van der Waals surface area contributed by atoms with E-state index in [1.54, 1.807) is 0 Å². The Morgan fingerprint density at radius 2 is 1.83 bits per heavy atom. The lowest BCUT2D eigenvalue weighted by Crippen LogP contribution is -2.35. The molecule has 0 aliphatic heterocycles. The van der Waals surface area contributed by atoms with Gasteiger partial charge in [0.05, 0.1) is 5.75 Å². The molecule has 0 bridgehead atoms. The Kier molecular flexibility index (Phi) is 4.40. The quantitative estimate of drug-likeness (QED) is 0.891. The maximum absolute atomic E-state index is 12.1. The van der Waals surface area contributed by atoms with E-state index in [0.29, 0.717) is 0 Å². The van der Waals surface area contributed by atoms with E-state index in [2.05, 4.69) is 4.72 Å². The molecule has 0 saturated heterocycles. The van der Waals surface area contributed by atoms with Gasteiger partial charge in [0.25, 0.3) is 0 Å². The summed E-state index contributed by atoms with van der Waals surface area (Å²) in [6.45, 7) is 1.96. The van der Waals surface area contributed by atoms with E-state index in [-0.39, 0.29) is 17.7 Å². The van der Waals surface area contributed by atoms with Crippen molar-refractivity contribution < 1.29 is 8.42 Å². The lowest BCUT2D eigenvalue weighted by molar-refractivity contribution is 0.548. The van der Waals surface area contributed by atoms with Crippen LogP contribution < -0.4 is 4.72 Å². The summed E-state index contributed by atoms with van der Waals surface area (Å²) in [5.74, 6) is 0.207. The van der Waals surface area contributed by atoms with Crippen molar-refractivity contribution in [3.63, 3.8) is 0 Å². The highest BCUT2D eigenvalue weighted by atomic mass is 32.2. The summed E-state index contributed by atoms with van der Waals surface area (Å²) in [5, 5.41) is 0. The van der Waals surface area contributed by atoms with Crippen molar-refractivity contribution in [3.8, 4) is 0 Å². The molecule has 3 nitrogen and oxygen atoms in total. The molecule has 1 aromatic rings. The zero-order valence-electron chi connectivity index (χ0n) is 10.8. The summed E-state index contributed by atoms with van der Waals surface area (Å²) in [6.07, 6.45) is 4.25. The van der Waals surface area contributed by atoms with Crippen LogP contribution in [0.1, 0.15) is 44.1 Å². The average molecular weight is 267 g/mol. The number of benzene rings is 1. The van der Waals surface area contributed by atoms with Crippen LogP contribution in [0.2, 0.25) is 0 Å². The fourth-order valence-corrected chi connectivity index (χ4v) is 4.24. The summed E-state index contributed by atoms with van der Waals surface area (Å²) < 4.78 is 26.9. The van der Waals surface area contributed by atoms with Gasteiger partial charge in [-0.25, -0.2) is 13.1 Å². The van der Waals surface area contributed by atoms with Gasteiger partial charge >= 0.3 is 0 Å². The number of hydrogen-bond donors (Lipinski definition) is 1. The van der Waals surface area contributed by atoms with Crippen molar-refractivity contribution in [1.29, 1.82) is 0 Å². The van der Waals surface area contributed by atoms with Crippen molar-refractivity contribution in [2.75, 3.05) is 5.75 Å². The predicted molar refractivity (Wildman–Crippen MR) is 74.0 cm³/mol. The second-order valence-corrected chi connectivity index (χ2v) is 6.99. The molecular weight excluding hydrogens is 246 g/mol. The highest BCUT2D eigenvalue weighted by Gasteiger charge is 2.23. The summed E-state index contributed by atoms with van der Waals surface area (Å²) in [6, 6.07) is 9.97. The third-order valence-electron chi connectivity index (χ3n) is 3.54. The fraction of sp³-hybridized carbons (Fsp3) is 0.571. The van der Waals surface area contributed by atoms with Crippen molar-refractivity contribution >= 4 is 10.0 Å². The predicted octanol–water partition coefficient (Wildman–Crippen LogP) is 2.65. The molecule has 1 N–H and O–H groups in total. The molecule has 0 radical (unpaired) electrons. The summed E-state index contributed by atoms with van der Waals surface area (Å²) in [5.41, 5.74) is 1.08. The lowest BCUT2D eigenvalue weighted by Gasteiger charge is -2.16. The Bertz CT molecular complexity index is 464. The molecule has 0 amide bonds. The van der Waals surface area contributed by atoms with Gasteiger partial charge in [0.15, 0.2) is 0 Å². The van der Waals surface area contributed by atoms with Gasteiger partial charge in [-0.2, -0.15) is 0 Å². The molecule has 0 spiro atoms. The molecule has 4 heteroatoms. The van der Waals surface area contributed by atoms with Crippen LogP contribution in [0.15, 0.2) is 30.3 Å². The monoisotopic (exact) mass is 267 g/mol. The van der Waals surface area contributed by atoms with Gasteiger partial charge in [-0.15, -0.1) is 0 Å². The van der Waals surface area contributed by atoms with Gasteiger partial charge in [0.2, 0.25) is 10.0 Å². The molecule has 1 aliphatic carbocycles. The summed E-state index contributed by atoms with van der Waals surface area (Å²) in [4.78, 5) is 0. The lowest BCUT2D eigenvalue weighted by atomic mass is 10.0. The third kappa shape index (κ3) is 3.82. The summed E-state index contributed by atoms with van der Waals surface area (Å²) in [7, 11) is -3.16. The van der Waals surface area contributed by atoms with Crippen molar-refractivity contribution in [2.45, 2.75) is 44.6 Å². The molecular formula is C14H21NO2S. The Labute approximate surface area is 110 Å². The van der Waals surface area contributed by atoms with Crippen molar-refractivity contribution in [2.24, 2.45) is 0 Å². The Morgan fingerprint density at radius 3 is 2.44 bits per heavy atom. The highest BCUT2D eigenvalue weighted by Crippen LogP contribution is 2.20. The van der Waals surface area contributed by atoms with Gasteiger partial charge in [-0.1, -0.05) is 50.1 Å². The van der Waals surface area contributed by atoms with E-state index in [4.69, 9.17) is 0 Å². The van der Waals surface area contributed by atoms with Crippen LogP contribution in [0.3, 0.4) is 0 Å². The number of nitrogens with one attached hydrogen (secondary N) is 1. The van der Waals surface area contributed by atoms with Crippen LogP contribution in [0.5, 0.6) is 0 Å². The van der Waals surface area contributed by atoms with Crippen molar-refractivity contribution in [3.05, 3.63) is 35.9 Å². The third-order valence-corrected chi connectivity index (χ3v) is 5.17. The molecule has 1 atom stereocenters. The first kappa shape index (κ1) is 13.6. The van der Waals surface area contributed by atoms with Gasteiger partial charge in [-0.05, 0) is 24.3 Å². The zero-order valence-corrected chi connectivity index (χ0v) is 11.6. The highest BCUT2D eigenvalue weighted by molar-refractivity contribution is 7.89. The number of rotatable bonds is 5. The van der Waals surface area contributed by atoms with Gasteiger partial charge in [0.1, 0.15) is 0 Å². The van der Waals surface area contributed by atoms with Crippen molar-refractivity contribution in [1.82, 2.24) is 4.72 Å². The van der Waals surface area contributed by atoms with Crippen LogP contribution in [0.25, 0.3) is 0 Å². The van der Waals surface area contributed by atoms with Gasteiger partial charge in [-0.3, -0.25) is 0 Å². The first-order valence-electron chi connectivity index (χ1n) is 6.62. The van der Waals surface area contributed by atoms with Crippen LogP contribution in [-0.2, 0) is 10.0 Å². The first-order valence-corrected chi connectivity index (χ1v) is 8.27. The minimum absolute atomic E-state index is 0.0325. The second kappa shape index (κ2) is 5.85. The smallest absolute Gasteiger partial charge is 0.212 e. The molecule has 1 aromatic carbocycles. The van der Waals surface area contributed by atoms with E-state index >= 15 is 0 Å². The Balaban J connectivity index is 1.95. The normalized spacial score (nSPS) is 18.9. The minimum Gasteiger partial charge on any atom is -0.212 e. The fourth-order valence-electron chi connectivity index (χ4n) is 2.55. The van der Waals surface area contributed by atoms with E-state index < -0.39 is 10.0 Å². The Hall–Kier alpha value is -0.870. The van der Waals surface area contributed by atoms with Crippen LogP contribution in [0, 0.1) is 0 Å². The maximum Gasteiger partial charge on any atom is 0.212 e. The first-order chi connectivity index (χ1) is 8.57. The van der Waals surface area contributed by atoms with Crippen LogP contribution in [0.4, 0.5) is 0 Å². The molecule has 0 aromatic heterocycles. The van der Waals surface area contributed by atoms with Gasteiger partial charge in [0, 0.05) is 6.04 Å². The van der Waals surface area contributed by atoms with E-state index in [1.165, 1.54) is 0 Å². The molecule has 100 valence electrons. The van der Waals surface area contributed by atoms with Gasteiger partial charge < -0.3 is 0 Å². The largest absolute Gasteiger partial charge is 0.212 e. The summed E-state index contributed by atoms with van der Waals surface area (Å²) >= 11 is 0. The molecule has 1 unspecified atom stereocenters. The molecule has 18 heavy (non-hydrogen) atoms. The SMILES string of the molecule is CC(CS(=O)(=O)NC1CCCC1)c1ccccc1. The number of sulfonamides is 1. The maximum atomic E-state index is 12.1.